The molecule has 2 amide bonds. The molecule has 8 heteroatoms. The number of likely N-dealkylation sites (tertiary alicyclic amines) is 1. The van der Waals surface area contributed by atoms with Crippen LogP contribution in [-0.4, -0.2) is 39.3 Å². The maximum absolute atomic E-state index is 14.5. The van der Waals surface area contributed by atoms with Gasteiger partial charge < -0.3 is 15.2 Å². The van der Waals surface area contributed by atoms with Crippen LogP contribution >= 0.6 is 0 Å². The van der Waals surface area contributed by atoms with E-state index in [1.54, 1.807) is 48.4 Å². The van der Waals surface area contributed by atoms with Gasteiger partial charge >= 0.3 is 0 Å². The van der Waals surface area contributed by atoms with Crippen molar-refractivity contribution in [3.63, 3.8) is 0 Å². The lowest BCUT2D eigenvalue weighted by molar-refractivity contribution is -0.126. The standard InChI is InChI=1S/C25H24FN5O2/c1-13-6-7-14-9-17(29-21(14)20(13)26)24(33)31-12-16-19(25(16,2)3)22(31)23(32)30-18(10-27)15-5-4-8-28-11-15/h4-9,11,16,18-19,22,29H,12H2,1-3H3,(H,30,32)/t16-,18?,19?,22-/m0/s1. The second-order valence-corrected chi connectivity index (χ2v) is 9.56. The average molecular weight is 445 g/mol. The van der Waals surface area contributed by atoms with Crippen molar-refractivity contribution in [2.24, 2.45) is 17.3 Å². The first-order valence-electron chi connectivity index (χ1n) is 10.9. The van der Waals surface area contributed by atoms with E-state index in [0.717, 1.165) is 0 Å². The summed E-state index contributed by atoms with van der Waals surface area (Å²) in [6.45, 7) is 6.29. The number of piperidine rings is 1. The molecule has 1 aromatic carbocycles. The van der Waals surface area contributed by atoms with Gasteiger partial charge in [0, 0.05) is 29.9 Å². The molecule has 7 nitrogen and oxygen atoms in total. The molecular formula is C25H24FN5O2. The second kappa shape index (κ2) is 7.41. The summed E-state index contributed by atoms with van der Waals surface area (Å²) in [4.78, 5) is 35.3. The predicted molar refractivity (Wildman–Crippen MR) is 119 cm³/mol. The lowest BCUT2D eigenvalue weighted by Gasteiger charge is -2.30. The molecule has 2 aromatic heterocycles. The summed E-state index contributed by atoms with van der Waals surface area (Å²) in [5, 5.41) is 13.0. The van der Waals surface area contributed by atoms with E-state index in [1.165, 1.54) is 6.20 Å². The minimum Gasteiger partial charge on any atom is -0.348 e. The van der Waals surface area contributed by atoms with Crippen LogP contribution in [0.2, 0.25) is 0 Å². The number of aryl methyl sites for hydroxylation is 1. The molecule has 33 heavy (non-hydrogen) atoms. The van der Waals surface area contributed by atoms with Gasteiger partial charge in [0.2, 0.25) is 5.91 Å². The summed E-state index contributed by atoms with van der Waals surface area (Å²) in [5.41, 5.74) is 1.53. The van der Waals surface area contributed by atoms with Crippen molar-refractivity contribution >= 4 is 22.7 Å². The van der Waals surface area contributed by atoms with Gasteiger partial charge in [-0.1, -0.05) is 32.0 Å². The minimum atomic E-state index is -0.866. The van der Waals surface area contributed by atoms with Gasteiger partial charge in [0.15, 0.2) is 0 Å². The Morgan fingerprint density at radius 1 is 1.36 bits per heavy atom. The third-order valence-electron chi connectivity index (χ3n) is 7.33. The molecule has 0 radical (unpaired) electrons. The smallest absolute Gasteiger partial charge is 0.271 e. The van der Waals surface area contributed by atoms with E-state index in [-0.39, 0.29) is 46.1 Å². The molecule has 1 saturated carbocycles. The molecule has 1 saturated heterocycles. The number of nitriles is 1. The van der Waals surface area contributed by atoms with Gasteiger partial charge in [0.1, 0.15) is 23.6 Å². The number of amides is 2. The van der Waals surface area contributed by atoms with E-state index in [9.17, 15) is 19.2 Å². The van der Waals surface area contributed by atoms with Crippen molar-refractivity contribution in [3.05, 3.63) is 65.4 Å². The molecule has 0 spiro atoms. The quantitative estimate of drug-likeness (QED) is 0.642. The van der Waals surface area contributed by atoms with Crippen LogP contribution in [0.5, 0.6) is 0 Å². The zero-order chi connectivity index (χ0) is 23.5. The number of hydrogen-bond donors (Lipinski definition) is 2. The highest BCUT2D eigenvalue weighted by Gasteiger charge is 2.69. The van der Waals surface area contributed by atoms with E-state index in [4.69, 9.17) is 0 Å². The Bertz CT molecular complexity index is 1310. The van der Waals surface area contributed by atoms with Crippen LogP contribution in [0.25, 0.3) is 10.9 Å². The molecule has 1 aliphatic heterocycles. The van der Waals surface area contributed by atoms with Crippen LogP contribution in [0.4, 0.5) is 4.39 Å². The van der Waals surface area contributed by atoms with Crippen LogP contribution in [0.15, 0.2) is 42.7 Å². The lowest BCUT2D eigenvalue weighted by Crippen LogP contribution is -2.50. The number of hydrogen-bond acceptors (Lipinski definition) is 4. The van der Waals surface area contributed by atoms with Crippen molar-refractivity contribution in [2.75, 3.05) is 6.54 Å². The highest BCUT2D eigenvalue weighted by molar-refractivity contribution is 6.01. The minimum absolute atomic E-state index is 0.00181. The number of aromatic nitrogens is 2. The molecule has 2 fully saturated rings. The number of fused-ring (bicyclic) bond motifs is 2. The number of nitrogens with one attached hydrogen (secondary N) is 2. The zero-order valence-corrected chi connectivity index (χ0v) is 18.6. The monoisotopic (exact) mass is 445 g/mol. The highest BCUT2D eigenvalue weighted by atomic mass is 19.1. The topological polar surface area (TPSA) is 102 Å². The molecule has 2 aliphatic rings. The third-order valence-corrected chi connectivity index (χ3v) is 7.33. The van der Waals surface area contributed by atoms with E-state index < -0.39 is 12.1 Å². The van der Waals surface area contributed by atoms with Crippen molar-refractivity contribution in [1.29, 1.82) is 5.26 Å². The van der Waals surface area contributed by atoms with Crippen molar-refractivity contribution in [2.45, 2.75) is 32.9 Å². The Labute approximate surface area is 190 Å². The maximum atomic E-state index is 14.5. The maximum Gasteiger partial charge on any atom is 0.271 e. The molecule has 3 heterocycles. The zero-order valence-electron chi connectivity index (χ0n) is 18.6. The molecule has 1 aliphatic carbocycles. The Balaban J connectivity index is 1.44. The number of H-pyrrole nitrogens is 1. The van der Waals surface area contributed by atoms with Crippen molar-refractivity contribution in [1.82, 2.24) is 20.2 Å². The van der Waals surface area contributed by atoms with E-state index in [1.807, 2.05) is 0 Å². The van der Waals surface area contributed by atoms with E-state index in [2.05, 4.69) is 35.2 Å². The van der Waals surface area contributed by atoms with Gasteiger partial charge in [-0.05, 0) is 41.9 Å². The molecule has 0 bridgehead atoms. The van der Waals surface area contributed by atoms with Crippen molar-refractivity contribution < 1.29 is 14.0 Å². The fourth-order valence-electron chi connectivity index (χ4n) is 5.30. The fourth-order valence-corrected chi connectivity index (χ4v) is 5.30. The molecule has 5 rings (SSSR count). The Kier molecular flexibility index (Phi) is 4.74. The summed E-state index contributed by atoms with van der Waals surface area (Å²) >= 11 is 0. The number of carbonyl (C=O) groups excluding carboxylic acids is 2. The molecule has 2 N–H and O–H groups in total. The third kappa shape index (κ3) is 3.27. The normalized spacial score (nSPS) is 23.6. The van der Waals surface area contributed by atoms with Crippen LogP contribution in [-0.2, 0) is 4.79 Å². The number of aromatic amines is 1. The Hall–Kier alpha value is -3.73. The Morgan fingerprint density at radius 2 is 2.15 bits per heavy atom. The largest absolute Gasteiger partial charge is 0.348 e. The van der Waals surface area contributed by atoms with Crippen molar-refractivity contribution in [3.8, 4) is 6.07 Å². The van der Waals surface area contributed by atoms with Gasteiger partial charge in [0.25, 0.3) is 5.91 Å². The van der Waals surface area contributed by atoms with Crippen LogP contribution in [0, 0.1) is 41.3 Å². The first kappa shape index (κ1) is 21.1. The summed E-state index contributed by atoms with van der Waals surface area (Å²) < 4.78 is 14.5. The summed E-state index contributed by atoms with van der Waals surface area (Å²) in [6, 6.07) is 9.02. The van der Waals surface area contributed by atoms with E-state index in [0.29, 0.717) is 23.1 Å². The predicted octanol–water partition coefficient (Wildman–Crippen LogP) is 3.49. The molecule has 2 unspecified atom stereocenters. The number of nitrogens with zero attached hydrogens (tertiary/aromatic N) is 3. The lowest BCUT2D eigenvalue weighted by atomic mass is 9.99. The SMILES string of the molecule is Cc1ccc2cc(C(=O)N3C[C@H]4C([C@H]3C(=O)NC(C#N)c3cccnc3)C4(C)C)[nH]c2c1F. The number of halogens is 1. The first-order chi connectivity index (χ1) is 15.7. The van der Waals surface area contributed by atoms with Crippen LogP contribution in [0.1, 0.15) is 41.5 Å². The highest BCUT2D eigenvalue weighted by Crippen LogP contribution is 2.65. The fraction of sp³-hybridized carbons (Fsp3) is 0.360. The number of pyridine rings is 1. The first-order valence-corrected chi connectivity index (χ1v) is 10.9. The van der Waals surface area contributed by atoms with Gasteiger partial charge in [0.05, 0.1) is 11.6 Å². The van der Waals surface area contributed by atoms with Crippen LogP contribution < -0.4 is 5.32 Å². The molecular weight excluding hydrogens is 421 g/mol. The summed E-state index contributed by atoms with van der Waals surface area (Å²) in [6.07, 6.45) is 3.13. The van der Waals surface area contributed by atoms with Crippen LogP contribution in [0.3, 0.4) is 0 Å². The number of carbonyl (C=O) groups is 2. The number of benzene rings is 1. The Morgan fingerprint density at radius 3 is 2.85 bits per heavy atom. The van der Waals surface area contributed by atoms with E-state index >= 15 is 0 Å². The van der Waals surface area contributed by atoms with Gasteiger partial charge in [-0.3, -0.25) is 14.6 Å². The molecule has 3 aromatic rings. The molecule has 168 valence electrons. The number of rotatable bonds is 4. The van der Waals surface area contributed by atoms with Gasteiger partial charge in [-0.15, -0.1) is 0 Å². The summed E-state index contributed by atoms with van der Waals surface area (Å²) in [5.74, 6) is -0.909. The average Bonchev–Trinajstić information content (AvgIpc) is 3.19. The van der Waals surface area contributed by atoms with Gasteiger partial charge in [-0.25, -0.2) is 4.39 Å². The second-order valence-electron chi connectivity index (χ2n) is 9.56. The summed E-state index contributed by atoms with van der Waals surface area (Å²) in [7, 11) is 0. The molecule has 4 atom stereocenters. The van der Waals surface area contributed by atoms with Gasteiger partial charge in [-0.2, -0.15) is 5.26 Å².